The van der Waals surface area contributed by atoms with Crippen molar-refractivity contribution in [1.29, 1.82) is 0 Å². The summed E-state index contributed by atoms with van der Waals surface area (Å²) in [6.07, 6.45) is 2.96. The van der Waals surface area contributed by atoms with Crippen LogP contribution in [0.4, 0.5) is 8.78 Å². The van der Waals surface area contributed by atoms with Crippen LogP contribution < -0.4 is 14.2 Å². The number of amides is 4. The van der Waals surface area contributed by atoms with Crippen LogP contribution in [0.3, 0.4) is 0 Å². The fourth-order valence-corrected chi connectivity index (χ4v) is 9.04. The first-order valence-electron chi connectivity index (χ1n) is 21.7. The van der Waals surface area contributed by atoms with Gasteiger partial charge in [0.15, 0.2) is 25.1 Å². The van der Waals surface area contributed by atoms with Crippen LogP contribution in [0.2, 0.25) is 0 Å². The second-order valence-electron chi connectivity index (χ2n) is 15.4. The number of ether oxygens (including phenoxy) is 5. The number of nitrogens with zero attached hydrogens (tertiary/aromatic N) is 4. The number of carbonyl (C=O) groups is 4. The topological polar surface area (TPSA) is 258 Å². The molecule has 0 radical (unpaired) electrons. The number of aromatic hydroxyl groups is 1. The quantitative estimate of drug-likeness (QED) is 0.0430. The summed E-state index contributed by atoms with van der Waals surface area (Å²) in [4.78, 5) is 63.6. The first-order chi connectivity index (χ1) is 35.0. The Kier molecular flexibility index (Phi) is 18.8. The third-order valence-corrected chi connectivity index (χ3v) is 14.8. The number of carbonyl (C=O) groups excluding carboxylic acids is 4. The summed E-state index contributed by atoms with van der Waals surface area (Å²) in [5.74, 6) is -3.47. The SMILES string of the molecule is COCOc1c2c(c(O)c3cccnc13)C(=O)N(Cc1ccc(F)cc1)C2=O.COCOc1c2c(c(OCCP(=O)(OC)OC)c3cccnc13)C(=O)N(Cc1ccc(F)cc1)C2=O.COP(=O)(CCO)OC. The Bertz CT molecular complexity index is 3080. The number of aromatic nitrogens is 2. The van der Waals surface area contributed by atoms with Crippen molar-refractivity contribution >= 4 is 60.6 Å². The van der Waals surface area contributed by atoms with Crippen LogP contribution in [0.1, 0.15) is 52.6 Å². The summed E-state index contributed by atoms with van der Waals surface area (Å²) >= 11 is 0. The number of phenols is 1. The Morgan fingerprint density at radius 1 is 0.534 bits per heavy atom. The molecule has 388 valence electrons. The van der Waals surface area contributed by atoms with Crippen LogP contribution in [0, 0.1) is 11.6 Å². The summed E-state index contributed by atoms with van der Waals surface area (Å²) in [5, 5.41) is 19.7. The predicted molar refractivity (Wildman–Crippen MR) is 257 cm³/mol. The molecule has 0 fully saturated rings. The van der Waals surface area contributed by atoms with Gasteiger partial charge in [0.25, 0.3) is 23.6 Å². The molecular weight excluding hydrogens is 1000 g/mol. The Labute approximate surface area is 416 Å². The molecule has 0 saturated carbocycles. The lowest BCUT2D eigenvalue weighted by Gasteiger charge is -2.18. The summed E-state index contributed by atoms with van der Waals surface area (Å²) in [7, 11) is 1.63. The van der Waals surface area contributed by atoms with Crippen molar-refractivity contribution in [2.45, 2.75) is 13.1 Å². The number of methoxy groups -OCH3 is 2. The normalized spacial score (nSPS) is 13.2. The molecule has 0 bridgehead atoms. The van der Waals surface area contributed by atoms with E-state index in [4.69, 9.17) is 37.8 Å². The van der Waals surface area contributed by atoms with Crippen molar-refractivity contribution in [3.63, 3.8) is 0 Å². The van der Waals surface area contributed by atoms with Crippen LogP contribution in [0.25, 0.3) is 21.8 Å². The Morgan fingerprint density at radius 3 is 1.36 bits per heavy atom. The maximum atomic E-state index is 13.6. The average molecular weight is 1050 g/mol. The van der Waals surface area contributed by atoms with E-state index >= 15 is 0 Å². The predicted octanol–water partition coefficient (Wildman–Crippen LogP) is 7.34. The second-order valence-corrected chi connectivity index (χ2v) is 20.2. The Morgan fingerprint density at radius 2 is 0.932 bits per heavy atom. The van der Waals surface area contributed by atoms with Gasteiger partial charge in [0.1, 0.15) is 45.3 Å². The van der Waals surface area contributed by atoms with Crippen LogP contribution in [0.15, 0.2) is 85.2 Å². The molecule has 0 aliphatic carbocycles. The molecule has 2 aliphatic rings. The number of phenolic OH excluding ortho intramolecular Hbond substituents is 1. The van der Waals surface area contributed by atoms with Crippen molar-refractivity contribution in [1.82, 2.24) is 19.8 Å². The van der Waals surface area contributed by atoms with E-state index in [0.29, 0.717) is 16.5 Å². The van der Waals surface area contributed by atoms with Crippen molar-refractivity contribution in [2.75, 3.05) is 81.8 Å². The molecule has 4 amide bonds. The monoisotopic (exact) mass is 1050 g/mol. The number of rotatable bonds is 20. The van der Waals surface area contributed by atoms with E-state index < -0.39 is 50.5 Å². The highest BCUT2D eigenvalue weighted by Gasteiger charge is 2.44. The van der Waals surface area contributed by atoms with Gasteiger partial charge in [0, 0.05) is 65.8 Å². The Hall–Kier alpha value is -6.78. The zero-order chi connectivity index (χ0) is 53.0. The minimum Gasteiger partial charge on any atom is -0.506 e. The van der Waals surface area contributed by atoms with Gasteiger partial charge in [-0.15, -0.1) is 0 Å². The minimum atomic E-state index is -3.39. The number of benzene rings is 4. The molecule has 0 unspecified atom stereocenters. The smallest absolute Gasteiger partial charge is 0.333 e. The van der Waals surface area contributed by atoms with Gasteiger partial charge in [-0.25, -0.2) is 8.78 Å². The first kappa shape index (κ1) is 55.5. The van der Waals surface area contributed by atoms with Gasteiger partial charge >= 0.3 is 15.2 Å². The van der Waals surface area contributed by atoms with E-state index in [-0.39, 0.29) is 114 Å². The minimum absolute atomic E-state index is 0.0154. The largest absolute Gasteiger partial charge is 0.506 e. The number of hydrogen-bond acceptors (Lipinski definition) is 19. The lowest BCUT2D eigenvalue weighted by atomic mass is 10.0. The first-order valence-corrected chi connectivity index (χ1v) is 25.2. The molecule has 2 N–H and O–H groups in total. The zero-order valence-corrected chi connectivity index (χ0v) is 42.0. The number of imide groups is 2. The second kappa shape index (κ2) is 24.8. The number of hydrogen-bond donors (Lipinski definition) is 2. The van der Waals surface area contributed by atoms with E-state index in [9.17, 15) is 42.2 Å². The third-order valence-electron chi connectivity index (χ3n) is 11.0. The van der Waals surface area contributed by atoms with Gasteiger partial charge in [-0.3, -0.25) is 48.1 Å². The van der Waals surface area contributed by atoms with Crippen LogP contribution in [-0.2, 0) is 49.8 Å². The van der Waals surface area contributed by atoms with Crippen molar-refractivity contribution in [3.8, 4) is 23.0 Å². The van der Waals surface area contributed by atoms with Gasteiger partial charge in [-0.2, -0.15) is 0 Å². The number of halogens is 2. The van der Waals surface area contributed by atoms with Crippen LogP contribution in [0.5, 0.6) is 23.0 Å². The van der Waals surface area contributed by atoms with E-state index in [0.717, 1.165) is 9.80 Å². The molecule has 0 spiro atoms. The van der Waals surface area contributed by atoms with Crippen molar-refractivity contribution in [3.05, 3.63) is 130 Å². The number of fused-ring (bicyclic) bond motifs is 4. The standard InChI is InChI=1S/C24H24FN2O8P.C20H15FN2O5.C4H11O4P/c1-31-14-35-22-19-18(23(28)27(24(19)29)13-15-6-8-16(25)9-7-15)21(17-5-4-10-26-20(17)22)34-11-12-36(30,32-2)33-3;1-27-10-28-18-15-14(17(24)13-3-2-8-22-16(13)18)19(25)23(20(15)26)9-11-4-6-12(21)7-5-11;1-7-9(6,8-2)4-3-5/h4-10H,11-14H2,1-3H3;2-8,24H,9-10H2,1H3;5H,3-4H2,1-2H3. The van der Waals surface area contributed by atoms with Gasteiger partial charge in [-0.05, 0) is 59.7 Å². The molecule has 8 rings (SSSR count). The molecule has 4 heterocycles. The Balaban J connectivity index is 0.000000208. The highest BCUT2D eigenvalue weighted by Crippen LogP contribution is 2.49. The van der Waals surface area contributed by atoms with E-state index in [1.54, 1.807) is 24.3 Å². The van der Waals surface area contributed by atoms with Crippen molar-refractivity contribution in [2.24, 2.45) is 0 Å². The number of aliphatic hydroxyl groups is 1. The summed E-state index contributed by atoms with van der Waals surface area (Å²) in [6.45, 7) is -0.835. The fraction of sp³-hybridized carbons (Fsp3) is 0.292. The molecule has 0 atom stereocenters. The lowest BCUT2D eigenvalue weighted by Crippen LogP contribution is -2.29. The van der Waals surface area contributed by atoms with Gasteiger partial charge in [0.2, 0.25) is 0 Å². The molecule has 6 aromatic rings. The van der Waals surface area contributed by atoms with Crippen LogP contribution in [-0.4, -0.2) is 135 Å². The zero-order valence-electron chi connectivity index (χ0n) is 40.2. The molecule has 2 aromatic heterocycles. The summed E-state index contributed by atoms with van der Waals surface area (Å²) < 4.78 is 96.0. The third kappa shape index (κ3) is 12.2. The molecule has 73 heavy (non-hydrogen) atoms. The summed E-state index contributed by atoms with van der Waals surface area (Å²) in [5.41, 5.74) is 1.41. The highest BCUT2D eigenvalue weighted by molar-refractivity contribution is 7.54. The van der Waals surface area contributed by atoms with Gasteiger partial charge in [-0.1, -0.05) is 24.3 Å². The van der Waals surface area contributed by atoms with Gasteiger partial charge < -0.3 is 52.0 Å². The maximum absolute atomic E-state index is 13.6. The van der Waals surface area contributed by atoms with Crippen molar-refractivity contribution < 1.29 is 89.1 Å². The number of pyridine rings is 2. The molecule has 4 aromatic carbocycles. The molecule has 25 heteroatoms. The van der Waals surface area contributed by atoms with E-state index in [1.807, 2.05) is 0 Å². The summed E-state index contributed by atoms with van der Waals surface area (Å²) in [6, 6.07) is 17.4. The van der Waals surface area contributed by atoms with Gasteiger partial charge in [0.05, 0.1) is 49.8 Å². The molecule has 0 saturated heterocycles. The van der Waals surface area contributed by atoms with E-state index in [2.05, 4.69) is 19.0 Å². The van der Waals surface area contributed by atoms with Crippen LogP contribution >= 0.6 is 15.2 Å². The lowest BCUT2D eigenvalue weighted by molar-refractivity contribution is 0.0499. The highest BCUT2D eigenvalue weighted by atomic mass is 31.2. The maximum Gasteiger partial charge on any atom is 0.333 e. The molecule has 2 aliphatic heterocycles. The van der Waals surface area contributed by atoms with E-state index in [1.165, 1.54) is 104 Å². The molecular formula is C48H50F2N4O17P2. The average Bonchev–Trinajstić information content (AvgIpc) is 3.80. The number of aliphatic hydroxyl groups excluding tert-OH is 1. The fourth-order valence-electron chi connectivity index (χ4n) is 7.45. The molecule has 21 nitrogen and oxygen atoms in total.